The average Bonchev–Trinajstić information content (AvgIpc) is 3.05. The summed E-state index contributed by atoms with van der Waals surface area (Å²) in [6, 6.07) is 10.2. The van der Waals surface area contributed by atoms with Crippen LogP contribution >= 0.6 is 0 Å². The molecule has 1 aromatic heterocycles. The number of H-pyrrole nitrogens is 1. The first-order chi connectivity index (χ1) is 12.1. The SMILES string of the molecule is O=C(Nc1cccc2c1CCCC2)c1n[nH]c2ccc([N+](=O)[O-])cc12. The molecule has 0 saturated heterocycles. The summed E-state index contributed by atoms with van der Waals surface area (Å²) < 4.78 is 0. The first-order valence-electron chi connectivity index (χ1n) is 8.18. The lowest BCUT2D eigenvalue weighted by Gasteiger charge is -2.19. The molecule has 7 heteroatoms. The van der Waals surface area contributed by atoms with Crippen molar-refractivity contribution >= 4 is 28.2 Å². The lowest BCUT2D eigenvalue weighted by molar-refractivity contribution is -0.384. The van der Waals surface area contributed by atoms with Crippen molar-refractivity contribution in [2.24, 2.45) is 0 Å². The monoisotopic (exact) mass is 336 g/mol. The van der Waals surface area contributed by atoms with Crippen LogP contribution in [0.25, 0.3) is 10.9 Å². The van der Waals surface area contributed by atoms with Gasteiger partial charge in [-0.05, 0) is 48.9 Å². The third kappa shape index (κ3) is 2.73. The van der Waals surface area contributed by atoms with Crippen molar-refractivity contribution in [2.45, 2.75) is 25.7 Å². The summed E-state index contributed by atoms with van der Waals surface area (Å²) in [6.45, 7) is 0. The third-order valence-corrected chi connectivity index (χ3v) is 4.62. The number of aromatic nitrogens is 2. The fourth-order valence-corrected chi connectivity index (χ4v) is 3.37. The maximum Gasteiger partial charge on any atom is 0.276 e. The lowest BCUT2D eigenvalue weighted by Crippen LogP contribution is -2.16. The van der Waals surface area contributed by atoms with Crippen LogP contribution in [0, 0.1) is 10.1 Å². The number of aryl methyl sites for hydroxylation is 1. The minimum atomic E-state index is -0.484. The number of carbonyl (C=O) groups is 1. The van der Waals surface area contributed by atoms with Gasteiger partial charge in [-0.25, -0.2) is 0 Å². The van der Waals surface area contributed by atoms with E-state index in [9.17, 15) is 14.9 Å². The fourth-order valence-electron chi connectivity index (χ4n) is 3.37. The Hall–Kier alpha value is -3.22. The topological polar surface area (TPSA) is 101 Å². The Balaban J connectivity index is 1.69. The average molecular weight is 336 g/mol. The molecule has 1 heterocycles. The van der Waals surface area contributed by atoms with E-state index in [1.807, 2.05) is 12.1 Å². The summed E-state index contributed by atoms with van der Waals surface area (Å²) in [6.07, 6.45) is 4.24. The van der Waals surface area contributed by atoms with E-state index in [4.69, 9.17) is 0 Å². The van der Waals surface area contributed by atoms with Crippen molar-refractivity contribution in [3.8, 4) is 0 Å². The van der Waals surface area contributed by atoms with E-state index < -0.39 is 4.92 Å². The van der Waals surface area contributed by atoms with Crippen LogP contribution in [0.2, 0.25) is 0 Å². The molecule has 126 valence electrons. The van der Waals surface area contributed by atoms with Crippen molar-refractivity contribution in [1.29, 1.82) is 0 Å². The van der Waals surface area contributed by atoms with E-state index in [0.29, 0.717) is 10.9 Å². The van der Waals surface area contributed by atoms with Crippen LogP contribution in [0.1, 0.15) is 34.5 Å². The molecule has 0 fully saturated rings. The third-order valence-electron chi connectivity index (χ3n) is 4.62. The summed E-state index contributed by atoms with van der Waals surface area (Å²) in [5.74, 6) is -0.370. The molecule has 4 rings (SSSR count). The molecule has 7 nitrogen and oxygen atoms in total. The van der Waals surface area contributed by atoms with E-state index >= 15 is 0 Å². The van der Waals surface area contributed by atoms with Crippen LogP contribution in [-0.2, 0) is 12.8 Å². The first-order valence-corrected chi connectivity index (χ1v) is 8.18. The highest BCUT2D eigenvalue weighted by Crippen LogP contribution is 2.29. The molecule has 2 aromatic carbocycles. The molecule has 0 aliphatic heterocycles. The summed E-state index contributed by atoms with van der Waals surface area (Å²) in [7, 11) is 0. The van der Waals surface area contributed by atoms with Gasteiger partial charge in [0.05, 0.1) is 10.4 Å². The second-order valence-corrected chi connectivity index (χ2v) is 6.16. The summed E-state index contributed by atoms with van der Waals surface area (Å²) in [5.41, 5.74) is 3.92. The van der Waals surface area contributed by atoms with Gasteiger partial charge in [0.25, 0.3) is 11.6 Å². The van der Waals surface area contributed by atoms with Gasteiger partial charge in [-0.1, -0.05) is 12.1 Å². The second-order valence-electron chi connectivity index (χ2n) is 6.16. The smallest absolute Gasteiger partial charge is 0.276 e. The molecule has 1 amide bonds. The number of anilines is 1. The molecule has 0 bridgehead atoms. The number of aromatic amines is 1. The van der Waals surface area contributed by atoms with Crippen molar-refractivity contribution < 1.29 is 9.72 Å². The Labute approximate surface area is 143 Å². The molecule has 0 spiro atoms. The maximum atomic E-state index is 12.7. The summed E-state index contributed by atoms with van der Waals surface area (Å²) in [5, 5.41) is 21.1. The minimum Gasteiger partial charge on any atom is -0.320 e. The van der Waals surface area contributed by atoms with Crippen LogP contribution in [0.3, 0.4) is 0 Å². The number of hydrogen-bond acceptors (Lipinski definition) is 4. The van der Waals surface area contributed by atoms with Crippen LogP contribution in [0.15, 0.2) is 36.4 Å². The number of nitro groups is 1. The Morgan fingerprint density at radius 1 is 1.20 bits per heavy atom. The quantitative estimate of drug-likeness (QED) is 0.563. The lowest BCUT2D eigenvalue weighted by atomic mass is 9.90. The number of amides is 1. The number of non-ortho nitro benzene ring substituents is 1. The maximum absolute atomic E-state index is 12.7. The number of nitrogens with one attached hydrogen (secondary N) is 2. The number of nitrogens with zero attached hydrogens (tertiary/aromatic N) is 2. The van der Waals surface area contributed by atoms with Crippen LogP contribution in [0.4, 0.5) is 11.4 Å². The number of fused-ring (bicyclic) bond motifs is 2. The molecule has 1 aliphatic rings. The Bertz CT molecular complexity index is 993. The molecule has 2 N–H and O–H groups in total. The van der Waals surface area contributed by atoms with Crippen molar-refractivity contribution in [3.63, 3.8) is 0 Å². The zero-order chi connectivity index (χ0) is 17.4. The summed E-state index contributed by atoms with van der Waals surface area (Å²) in [4.78, 5) is 23.2. The molecule has 1 aliphatic carbocycles. The molecular formula is C18H16N4O3. The molecular weight excluding hydrogens is 320 g/mol. The number of carbonyl (C=O) groups excluding carboxylic acids is 1. The fraction of sp³-hybridized carbons (Fsp3) is 0.222. The van der Waals surface area contributed by atoms with Gasteiger partial charge in [0, 0.05) is 23.2 Å². The molecule has 0 atom stereocenters. The van der Waals surface area contributed by atoms with Gasteiger partial charge in [0.1, 0.15) is 0 Å². The highest BCUT2D eigenvalue weighted by atomic mass is 16.6. The van der Waals surface area contributed by atoms with Gasteiger partial charge in [-0.2, -0.15) is 5.10 Å². The molecule has 25 heavy (non-hydrogen) atoms. The highest BCUT2D eigenvalue weighted by Gasteiger charge is 2.20. The van der Waals surface area contributed by atoms with Gasteiger partial charge in [0.15, 0.2) is 5.69 Å². The van der Waals surface area contributed by atoms with E-state index in [2.05, 4.69) is 21.6 Å². The number of rotatable bonds is 3. The van der Waals surface area contributed by atoms with Crippen LogP contribution < -0.4 is 5.32 Å². The molecule has 0 saturated carbocycles. The molecule has 3 aromatic rings. The standard InChI is InChI=1S/C18H16N4O3/c23-18(19-15-7-3-5-11-4-1-2-6-13(11)15)17-14-10-12(22(24)25)8-9-16(14)20-21-17/h3,5,7-10H,1-2,4,6H2,(H,19,23)(H,20,21). The second kappa shape index (κ2) is 6.01. The largest absolute Gasteiger partial charge is 0.320 e. The normalized spacial score (nSPS) is 13.4. The predicted molar refractivity (Wildman–Crippen MR) is 93.8 cm³/mol. The minimum absolute atomic E-state index is 0.0694. The van der Waals surface area contributed by atoms with Crippen molar-refractivity contribution in [3.05, 3.63) is 63.3 Å². The van der Waals surface area contributed by atoms with E-state index in [0.717, 1.165) is 31.4 Å². The van der Waals surface area contributed by atoms with E-state index in [1.165, 1.54) is 23.3 Å². The zero-order valence-corrected chi connectivity index (χ0v) is 13.4. The van der Waals surface area contributed by atoms with Crippen LogP contribution in [0.5, 0.6) is 0 Å². The predicted octanol–water partition coefficient (Wildman–Crippen LogP) is 3.60. The summed E-state index contributed by atoms with van der Waals surface area (Å²) >= 11 is 0. The first kappa shape index (κ1) is 15.3. The number of nitro benzene ring substituents is 1. The van der Waals surface area contributed by atoms with Gasteiger partial charge in [-0.15, -0.1) is 0 Å². The van der Waals surface area contributed by atoms with Crippen LogP contribution in [-0.4, -0.2) is 21.0 Å². The van der Waals surface area contributed by atoms with Gasteiger partial charge >= 0.3 is 0 Å². The van der Waals surface area contributed by atoms with E-state index in [-0.39, 0.29) is 17.3 Å². The van der Waals surface area contributed by atoms with E-state index in [1.54, 1.807) is 6.07 Å². The van der Waals surface area contributed by atoms with Crippen molar-refractivity contribution in [2.75, 3.05) is 5.32 Å². The Morgan fingerprint density at radius 2 is 2.04 bits per heavy atom. The highest BCUT2D eigenvalue weighted by molar-refractivity contribution is 6.11. The molecule has 0 radical (unpaired) electrons. The van der Waals surface area contributed by atoms with Gasteiger partial charge in [0.2, 0.25) is 0 Å². The Kier molecular flexibility index (Phi) is 3.68. The molecule has 0 unspecified atom stereocenters. The Morgan fingerprint density at radius 3 is 2.88 bits per heavy atom. The van der Waals surface area contributed by atoms with Gasteiger partial charge < -0.3 is 5.32 Å². The number of benzene rings is 2. The zero-order valence-electron chi connectivity index (χ0n) is 13.4. The van der Waals surface area contributed by atoms with Gasteiger partial charge in [-0.3, -0.25) is 20.0 Å². The number of hydrogen-bond donors (Lipinski definition) is 2. The van der Waals surface area contributed by atoms with Crippen molar-refractivity contribution in [1.82, 2.24) is 10.2 Å².